The lowest BCUT2D eigenvalue weighted by molar-refractivity contribution is -0.161. The first-order chi connectivity index (χ1) is 43.8. The number of nitrogens with two attached hydrogens (primary N) is 1. The molecule has 89 heavy (non-hydrogen) atoms. The van der Waals surface area contributed by atoms with Crippen molar-refractivity contribution in [2.75, 3.05) is 26.4 Å². The van der Waals surface area contributed by atoms with Gasteiger partial charge in [0.2, 0.25) is 0 Å². The molecule has 0 amide bonds. The number of phosphoric ester groups is 1. The molecule has 0 aromatic heterocycles. The fraction of sp³-hybridized carbons (Fsp3) is 0.646. The molecule has 3 N–H and O–H groups in total. The lowest BCUT2D eigenvalue weighted by Crippen LogP contribution is -2.29. The Kier molecular flexibility index (Phi) is 69.1. The lowest BCUT2D eigenvalue weighted by atomic mass is 10.0. The van der Waals surface area contributed by atoms with Crippen LogP contribution in [-0.2, 0) is 32.7 Å². The summed E-state index contributed by atoms with van der Waals surface area (Å²) in [5.74, 6) is -0.867. The zero-order valence-corrected chi connectivity index (χ0v) is 57.8. The van der Waals surface area contributed by atoms with E-state index < -0.39 is 32.5 Å². The molecule has 0 spiro atoms. The summed E-state index contributed by atoms with van der Waals surface area (Å²) in [5, 5.41) is 0. The van der Waals surface area contributed by atoms with Crippen LogP contribution >= 0.6 is 7.82 Å². The zero-order valence-electron chi connectivity index (χ0n) is 56.9. The van der Waals surface area contributed by atoms with Crippen molar-refractivity contribution >= 4 is 19.8 Å². The molecule has 0 saturated heterocycles. The van der Waals surface area contributed by atoms with Gasteiger partial charge in [0.25, 0.3) is 0 Å². The predicted molar refractivity (Wildman–Crippen MR) is 385 cm³/mol. The maximum atomic E-state index is 12.8. The van der Waals surface area contributed by atoms with Crippen LogP contribution in [0.15, 0.2) is 158 Å². The first-order valence-corrected chi connectivity index (χ1v) is 37.5. The van der Waals surface area contributed by atoms with Crippen molar-refractivity contribution in [3.63, 3.8) is 0 Å². The van der Waals surface area contributed by atoms with E-state index in [9.17, 15) is 19.0 Å². The molecule has 0 aromatic rings. The van der Waals surface area contributed by atoms with Crippen LogP contribution in [-0.4, -0.2) is 49.3 Å². The Hall–Kier alpha value is -4.37. The number of unbranched alkanes of at least 4 members (excludes halogenated alkanes) is 27. The van der Waals surface area contributed by atoms with Crippen molar-refractivity contribution in [1.82, 2.24) is 0 Å². The van der Waals surface area contributed by atoms with Crippen LogP contribution in [0, 0.1) is 0 Å². The summed E-state index contributed by atoms with van der Waals surface area (Å²) in [6, 6.07) is 0. The van der Waals surface area contributed by atoms with Crippen LogP contribution in [0.1, 0.15) is 296 Å². The quantitative estimate of drug-likeness (QED) is 0.0264. The number of esters is 2. The number of carbonyl (C=O) groups excluding carboxylic acids is 2. The summed E-state index contributed by atoms with van der Waals surface area (Å²) in [4.78, 5) is 35.4. The van der Waals surface area contributed by atoms with E-state index >= 15 is 0 Å². The summed E-state index contributed by atoms with van der Waals surface area (Å²) in [6.45, 7) is 3.49. The van der Waals surface area contributed by atoms with E-state index in [1.807, 2.05) is 0 Å². The molecule has 10 heteroatoms. The molecular weight excluding hydrogens is 1120 g/mol. The van der Waals surface area contributed by atoms with Gasteiger partial charge in [-0.1, -0.05) is 320 Å². The molecule has 0 bridgehead atoms. The number of ether oxygens (including phenoxy) is 2. The van der Waals surface area contributed by atoms with Gasteiger partial charge in [0.1, 0.15) is 6.61 Å². The SMILES string of the molecule is CC/C=C\C/C=C\C/C=C\C/C=C\C/C=C\C/C=C\C/C=C\C/C=C\C/C=C\CCCCCC(=O)OC(COC(=O)CCCCCCCCCCCCCCCCCCCCCCCCCC/C=C\C/C=C\C/C=C\C/C=C\CC)COP(=O)(O)OCCN. The maximum absolute atomic E-state index is 12.8. The smallest absolute Gasteiger partial charge is 0.462 e. The Morgan fingerprint density at radius 3 is 0.876 bits per heavy atom. The van der Waals surface area contributed by atoms with E-state index in [0.29, 0.717) is 6.42 Å². The number of rotatable bonds is 66. The van der Waals surface area contributed by atoms with Gasteiger partial charge in [-0.3, -0.25) is 18.6 Å². The van der Waals surface area contributed by atoms with Crippen LogP contribution in [0.25, 0.3) is 0 Å². The van der Waals surface area contributed by atoms with Gasteiger partial charge in [0.15, 0.2) is 6.10 Å². The number of carbonyl (C=O) groups is 2. The fourth-order valence-corrected chi connectivity index (χ4v) is 10.4. The highest BCUT2D eigenvalue weighted by Crippen LogP contribution is 2.43. The Morgan fingerprint density at radius 1 is 0.337 bits per heavy atom. The van der Waals surface area contributed by atoms with E-state index in [-0.39, 0.29) is 32.6 Å². The highest BCUT2D eigenvalue weighted by molar-refractivity contribution is 7.47. The van der Waals surface area contributed by atoms with Crippen molar-refractivity contribution in [2.45, 2.75) is 302 Å². The van der Waals surface area contributed by atoms with Crippen LogP contribution in [0.2, 0.25) is 0 Å². The molecule has 9 nitrogen and oxygen atoms in total. The minimum atomic E-state index is -4.41. The molecular formula is C79H132NO8P. The number of hydrogen-bond donors (Lipinski definition) is 2. The van der Waals surface area contributed by atoms with Crippen molar-refractivity contribution < 1.29 is 37.6 Å². The normalized spacial score (nSPS) is 13.9. The highest BCUT2D eigenvalue weighted by atomic mass is 31.2. The standard InChI is InChI=1S/C79H132NO8P/c1-3-5-7-9-11-13-15-17-19-21-23-25-27-29-31-33-35-36-37-38-39-40-42-43-45-47-49-51-53-55-57-59-61-63-65-67-69-71-78(81)85-75-77(76-87-89(83,84)86-74-73-80)88-79(82)72-70-68-66-64-62-60-58-56-54-52-50-48-46-44-41-34-32-30-28-26-24-22-20-18-16-14-12-10-8-6-4-2/h5-8,11-14,17-20,23-26,30,32,41,44,48,50,54,56,60,62,77H,3-4,9-10,15-16,21-22,27-29,31,33-40,42-43,45-47,49,51-53,55,57-59,61,63-76,80H2,1-2H3,(H,83,84)/b7-5-,8-6-,13-11-,14-12-,19-17-,20-18-,25-23-,26-24-,32-30-,44-41-,50-48-,56-54-,62-60-. The molecule has 0 rings (SSSR count). The van der Waals surface area contributed by atoms with Crippen molar-refractivity contribution in [3.8, 4) is 0 Å². The molecule has 0 aromatic carbocycles. The minimum absolute atomic E-state index is 0.0410. The Bertz CT molecular complexity index is 2020. The van der Waals surface area contributed by atoms with E-state index in [0.717, 1.165) is 122 Å². The second kappa shape index (κ2) is 72.7. The second-order valence-electron chi connectivity index (χ2n) is 23.3. The summed E-state index contributed by atoms with van der Waals surface area (Å²) in [5.41, 5.74) is 5.40. The van der Waals surface area contributed by atoms with Gasteiger partial charge in [-0.05, 0) is 122 Å². The largest absolute Gasteiger partial charge is 0.472 e. The first kappa shape index (κ1) is 84.6. The number of hydrogen-bond acceptors (Lipinski definition) is 8. The topological polar surface area (TPSA) is 134 Å². The molecule has 0 fully saturated rings. The summed E-state index contributed by atoms with van der Waals surface area (Å²) in [6.07, 6.45) is 106. The highest BCUT2D eigenvalue weighted by Gasteiger charge is 2.26. The average Bonchev–Trinajstić information content (AvgIpc) is 3.68. The van der Waals surface area contributed by atoms with Crippen molar-refractivity contribution in [2.24, 2.45) is 5.73 Å². The van der Waals surface area contributed by atoms with Crippen LogP contribution in [0.5, 0.6) is 0 Å². The zero-order chi connectivity index (χ0) is 64.4. The molecule has 2 unspecified atom stereocenters. The monoisotopic (exact) mass is 1250 g/mol. The molecule has 506 valence electrons. The molecule has 0 aliphatic carbocycles. The minimum Gasteiger partial charge on any atom is -0.462 e. The van der Waals surface area contributed by atoms with Crippen LogP contribution < -0.4 is 5.73 Å². The summed E-state index contributed by atoms with van der Waals surface area (Å²) < 4.78 is 33.1. The fourth-order valence-electron chi connectivity index (χ4n) is 9.68. The Balaban J connectivity index is 3.93. The van der Waals surface area contributed by atoms with E-state index in [4.69, 9.17) is 24.3 Å². The van der Waals surface area contributed by atoms with Gasteiger partial charge < -0.3 is 20.1 Å². The average molecular weight is 1250 g/mol. The molecule has 0 aliphatic rings. The van der Waals surface area contributed by atoms with Crippen molar-refractivity contribution in [3.05, 3.63) is 158 Å². The molecule has 0 radical (unpaired) electrons. The molecule has 0 saturated carbocycles. The van der Waals surface area contributed by atoms with Crippen LogP contribution in [0.3, 0.4) is 0 Å². The third-order valence-corrected chi connectivity index (χ3v) is 15.9. The van der Waals surface area contributed by atoms with E-state index in [1.54, 1.807) is 0 Å². The van der Waals surface area contributed by atoms with Gasteiger partial charge in [0.05, 0.1) is 13.2 Å². The van der Waals surface area contributed by atoms with Crippen molar-refractivity contribution in [1.29, 1.82) is 0 Å². The molecule has 2 atom stereocenters. The first-order valence-electron chi connectivity index (χ1n) is 36.0. The van der Waals surface area contributed by atoms with E-state index in [2.05, 4.69) is 172 Å². The third kappa shape index (κ3) is 72.6. The molecule has 0 heterocycles. The predicted octanol–water partition coefficient (Wildman–Crippen LogP) is 24.0. The van der Waals surface area contributed by atoms with E-state index in [1.165, 1.54) is 141 Å². The van der Waals surface area contributed by atoms with Gasteiger partial charge in [-0.2, -0.15) is 0 Å². The number of allylic oxidation sites excluding steroid dienone is 26. The second-order valence-corrected chi connectivity index (χ2v) is 24.8. The lowest BCUT2D eigenvalue weighted by Gasteiger charge is -2.19. The summed E-state index contributed by atoms with van der Waals surface area (Å²) >= 11 is 0. The summed E-state index contributed by atoms with van der Waals surface area (Å²) in [7, 11) is -4.41. The molecule has 0 aliphatic heterocycles. The number of phosphoric acid groups is 1. The Morgan fingerprint density at radius 2 is 0.584 bits per heavy atom. The van der Waals surface area contributed by atoms with Gasteiger partial charge in [-0.15, -0.1) is 0 Å². The Labute approximate surface area is 547 Å². The van der Waals surface area contributed by atoms with Gasteiger partial charge in [0, 0.05) is 19.4 Å². The van der Waals surface area contributed by atoms with Crippen LogP contribution in [0.4, 0.5) is 0 Å². The maximum Gasteiger partial charge on any atom is 0.472 e. The third-order valence-electron chi connectivity index (χ3n) is 14.9. The van der Waals surface area contributed by atoms with Gasteiger partial charge >= 0.3 is 19.8 Å². The van der Waals surface area contributed by atoms with Gasteiger partial charge in [-0.25, -0.2) is 4.57 Å².